The van der Waals surface area contributed by atoms with Crippen LogP contribution < -0.4 is 10.1 Å². The molecule has 2 atom stereocenters. The smallest absolute Gasteiger partial charge is 0.262 e. The summed E-state index contributed by atoms with van der Waals surface area (Å²) < 4.78 is 10.9. The van der Waals surface area contributed by atoms with Gasteiger partial charge in [-0.25, -0.2) is 5.01 Å². The van der Waals surface area contributed by atoms with Gasteiger partial charge in [0.1, 0.15) is 22.8 Å². The zero-order valence-corrected chi connectivity index (χ0v) is 20.1. The van der Waals surface area contributed by atoms with Gasteiger partial charge in [0, 0.05) is 18.5 Å². The van der Waals surface area contributed by atoms with Crippen LogP contribution in [0.4, 0.5) is 5.69 Å². The van der Waals surface area contributed by atoms with E-state index >= 15 is 0 Å². The number of thioether (sulfide) groups is 1. The third-order valence-electron chi connectivity index (χ3n) is 5.84. The fourth-order valence-corrected chi connectivity index (χ4v) is 5.03. The Hall–Kier alpha value is -3.85. The van der Waals surface area contributed by atoms with Crippen molar-refractivity contribution in [1.29, 1.82) is 0 Å². The maximum Gasteiger partial charge on any atom is 0.262 e. The molecular formula is C26H24N4O4S. The minimum absolute atomic E-state index is 0.0265. The van der Waals surface area contributed by atoms with Crippen LogP contribution >= 0.6 is 11.8 Å². The van der Waals surface area contributed by atoms with Gasteiger partial charge in [-0.3, -0.25) is 9.59 Å². The Kier molecular flexibility index (Phi) is 6.41. The molecule has 0 fully saturated rings. The number of hydrazone groups is 1. The molecule has 2 aliphatic rings. The number of amidine groups is 1. The number of furan rings is 1. The van der Waals surface area contributed by atoms with E-state index in [9.17, 15) is 9.59 Å². The standard InChI is InChI=1S/C26H24N4O4S/c1-16-5-9-18(10-6-16)27-24(31)15-23-25(32)28-26(35-23)30-21(22-4-3-13-34-22)14-20(29-30)17-7-11-19(33-2)12-8-17/h3-13,21,23H,14-15H2,1-2H3,(H,27,31). The normalized spacial score (nSPS) is 19.5. The lowest BCUT2D eigenvalue weighted by Crippen LogP contribution is -2.24. The number of methoxy groups -OCH3 is 1. The number of hydrogen-bond acceptors (Lipinski definition) is 7. The second-order valence-corrected chi connectivity index (χ2v) is 9.48. The number of nitrogens with zero attached hydrogens (tertiary/aromatic N) is 3. The minimum Gasteiger partial charge on any atom is -0.497 e. The number of carbonyl (C=O) groups excluding carboxylic acids is 2. The molecule has 0 aliphatic carbocycles. The van der Waals surface area contributed by atoms with Gasteiger partial charge in [0.2, 0.25) is 5.91 Å². The van der Waals surface area contributed by atoms with E-state index in [-0.39, 0.29) is 24.3 Å². The molecule has 2 aromatic carbocycles. The Morgan fingerprint density at radius 2 is 1.94 bits per heavy atom. The monoisotopic (exact) mass is 488 g/mol. The number of amides is 2. The largest absolute Gasteiger partial charge is 0.497 e. The molecule has 0 spiro atoms. The predicted molar refractivity (Wildman–Crippen MR) is 136 cm³/mol. The molecule has 3 aromatic rings. The highest BCUT2D eigenvalue weighted by Gasteiger charge is 2.40. The number of benzene rings is 2. The molecule has 0 radical (unpaired) electrons. The summed E-state index contributed by atoms with van der Waals surface area (Å²) in [5, 5.41) is 9.25. The van der Waals surface area contributed by atoms with E-state index in [1.807, 2.05) is 67.6 Å². The Labute approximate surface area is 207 Å². The van der Waals surface area contributed by atoms with Crippen molar-refractivity contribution in [3.63, 3.8) is 0 Å². The van der Waals surface area contributed by atoms with Gasteiger partial charge in [0.25, 0.3) is 5.91 Å². The van der Waals surface area contributed by atoms with Crippen LogP contribution in [0.1, 0.15) is 35.8 Å². The van der Waals surface area contributed by atoms with Crippen LogP contribution in [0.25, 0.3) is 0 Å². The van der Waals surface area contributed by atoms with Gasteiger partial charge in [-0.05, 0) is 61.0 Å². The second kappa shape index (κ2) is 9.79. The van der Waals surface area contributed by atoms with E-state index in [4.69, 9.17) is 14.3 Å². The van der Waals surface area contributed by atoms with Crippen molar-refractivity contribution in [2.45, 2.75) is 31.1 Å². The van der Waals surface area contributed by atoms with Crippen molar-refractivity contribution < 1.29 is 18.7 Å². The van der Waals surface area contributed by atoms with Crippen LogP contribution in [0.15, 0.2) is 81.4 Å². The van der Waals surface area contributed by atoms with Crippen molar-refractivity contribution in [3.8, 4) is 5.75 Å². The lowest BCUT2D eigenvalue weighted by Gasteiger charge is -2.20. The van der Waals surface area contributed by atoms with Crippen molar-refractivity contribution in [2.24, 2.45) is 10.1 Å². The molecule has 5 rings (SSSR count). The third-order valence-corrected chi connectivity index (χ3v) is 6.98. The van der Waals surface area contributed by atoms with E-state index in [0.29, 0.717) is 17.3 Å². The van der Waals surface area contributed by atoms with Crippen LogP contribution in [0, 0.1) is 6.92 Å². The summed E-state index contributed by atoms with van der Waals surface area (Å²) in [4.78, 5) is 29.5. The summed E-state index contributed by atoms with van der Waals surface area (Å²) in [6.07, 6.45) is 2.23. The minimum atomic E-state index is -0.604. The van der Waals surface area contributed by atoms with Crippen LogP contribution in [0.2, 0.25) is 0 Å². The van der Waals surface area contributed by atoms with Gasteiger partial charge in [-0.15, -0.1) is 0 Å². The number of ether oxygens (including phenoxy) is 1. The molecule has 0 saturated carbocycles. The van der Waals surface area contributed by atoms with Gasteiger partial charge < -0.3 is 14.5 Å². The van der Waals surface area contributed by atoms with Crippen LogP contribution in [-0.4, -0.2) is 40.1 Å². The molecule has 1 aromatic heterocycles. The SMILES string of the molecule is COc1ccc(C2=NN(C3=NC(=O)C(CC(=O)Nc4ccc(C)cc4)S3)C(c3ccco3)C2)cc1. The van der Waals surface area contributed by atoms with Crippen molar-refractivity contribution >= 4 is 40.1 Å². The number of nitrogens with one attached hydrogen (secondary N) is 1. The van der Waals surface area contributed by atoms with Crippen molar-refractivity contribution in [2.75, 3.05) is 12.4 Å². The Balaban J connectivity index is 1.32. The highest BCUT2D eigenvalue weighted by Crippen LogP contribution is 2.38. The summed E-state index contributed by atoms with van der Waals surface area (Å²) in [5.74, 6) is 0.923. The lowest BCUT2D eigenvalue weighted by atomic mass is 10.0. The molecule has 8 nitrogen and oxygen atoms in total. The maximum atomic E-state index is 12.7. The summed E-state index contributed by atoms with van der Waals surface area (Å²) >= 11 is 1.26. The molecule has 2 amide bonds. The molecular weight excluding hydrogens is 464 g/mol. The fraction of sp³-hybridized carbons (Fsp3) is 0.231. The molecule has 2 unspecified atom stereocenters. The number of hydrogen-bond donors (Lipinski definition) is 1. The lowest BCUT2D eigenvalue weighted by molar-refractivity contribution is -0.121. The highest BCUT2D eigenvalue weighted by molar-refractivity contribution is 8.15. The average Bonchev–Trinajstić information content (AvgIpc) is 3.61. The van der Waals surface area contributed by atoms with Gasteiger partial charge in [0.05, 0.1) is 19.1 Å². The summed E-state index contributed by atoms with van der Waals surface area (Å²) in [6, 6.07) is 18.7. The maximum absolute atomic E-state index is 12.7. The molecule has 9 heteroatoms. The Morgan fingerprint density at radius 3 is 2.63 bits per heavy atom. The van der Waals surface area contributed by atoms with E-state index in [1.165, 1.54) is 11.8 Å². The molecule has 35 heavy (non-hydrogen) atoms. The first-order valence-corrected chi connectivity index (χ1v) is 12.1. The molecule has 178 valence electrons. The first kappa shape index (κ1) is 22.9. The van der Waals surface area contributed by atoms with Crippen molar-refractivity contribution in [3.05, 3.63) is 83.8 Å². The predicted octanol–water partition coefficient (Wildman–Crippen LogP) is 4.77. The quantitative estimate of drug-likeness (QED) is 0.537. The van der Waals surface area contributed by atoms with Gasteiger partial charge in [-0.2, -0.15) is 10.1 Å². The highest BCUT2D eigenvalue weighted by atomic mass is 32.2. The Morgan fingerprint density at radius 1 is 1.17 bits per heavy atom. The van der Waals surface area contributed by atoms with Crippen LogP contribution in [-0.2, 0) is 9.59 Å². The van der Waals surface area contributed by atoms with E-state index < -0.39 is 5.25 Å². The number of carbonyl (C=O) groups is 2. The first-order valence-electron chi connectivity index (χ1n) is 11.2. The van der Waals surface area contributed by atoms with Gasteiger partial charge in [-0.1, -0.05) is 29.5 Å². The zero-order chi connectivity index (χ0) is 24.4. The summed E-state index contributed by atoms with van der Waals surface area (Å²) in [7, 11) is 1.63. The van der Waals surface area contributed by atoms with E-state index in [2.05, 4.69) is 10.3 Å². The van der Waals surface area contributed by atoms with Crippen LogP contribution in [0.3, 0.4) is 0 Å². The zero-order valence-electron chi connectivity index (χ0n) is 19.3. The average molecular weight is 489 g/mol. The van der Waals surface area contributed by atoms with Crippen molar-refractivity contribution in [1.82, 2.24) is 5.01 Å². The first-order chi connectivity index (χ1) is 17.0. The topological polar surface area (TPSA) is 96.5 Å². The summed E-state index contributed by atoms with van der Waals surface area (Å²) in [6.45, 7) is 1.98. The van der Waals surface area contributed by atoms with E-state index in [0.717, 1.165) is 28.3 Å². The van der Waals surface area contributed by atoms with Crippen LogP contribution in [0.5, 0.6) is 5.75 Å². The number of aryl methyl sites for hydroxylation is 1. The number of anilines is 1. The molecule has 0 saturated heterocycles. The van der Waals surface area contributed by atoms with Gasteiger partial charge in [0.15, 0.2) is 5.17 Å². The molecule has 2 aliphatic heterocycles. The molecule has 1 N–H and O–H groups in total. The molecule has 3 heterocycles. The van der Waals surface area contributed by atoms with E-state index in [1.54, 1.807) is 18.4 Å². The fourth-order valence-electron chi connectivity index (χ4n) is 3.97. The number of aliphatic imine (C=N–C) groups is 1. The third kappa shape index (κ3) is 5.00. The van der Waals surface area contributed by atoms with Gasteiger partial charge >= 0.3 is 0 Å². The number of rotatable bonds is 6. The Bertz CT molecular complexity index is 1280. The second-order valence-electron chi connectivity index (χ2n) is 8.31. The molecule has 0 bridgehead atoms. The summed E-state index contributed by atoms with van der Waals surface area (Å²) in [5.41, 5.74) is 3.61.